The van der Waals surface area contributed by atoms with Crippen molar-refractivity contribution in [2.75, 3.05) is 32.1 Å². The zero-order valence-electron chi connectivity index (χ0n) is 18.0. The number of amidine groups is 1. The average molecular weight is 440 g/mol. The summed E-state index contributed by atoms with van der Waals surface area (Å²) < 4.78 is 5.56. The lowest BCUT2D eigenvalue weighted by Crippen LogP contribution is -2.23. The summed E-state index contributed by atoms with van der Waals surface area (Å²) >= 11 is 1.24. The van der Waals surface area contributed by atoms with Gasteiger partial charge in [-0.1, -0.05) is 6.07 Å². The summed E-state index contributed by atoms with van der Waals surface area (Å²) in [6, 6.07) is 12.2. The van der Waals surface area contributed by atoms with Gasteiger partial charge in [-0.2, -0.15) is 0 Å². The highest BCUT2D eigenvalue weighted by Gasteiger charge is 2.30. The number of aliphatic imine (C=N–C) groups is 1. The quantitative estimate of drug-likeness (QED) is 0.641. The van der Waals surface area contributed by atoms with Crippen LogP contribution in [0.1, 0.15) is 29.8 Å². The van der Waals surface area contributed by atoms with E-state index in [0.717, 1.165) is 24.3 Å². The molecule has 1 N–H and O–H groups in total. The van der Waals surface area contributed by atoms with E-state index in [2.05, 4.69) is 23.7 Å². The van der Waals surface area contributed by atoms with Crippen molar-refractivity contribution in [2.24, 2.45) is 4.99 Å². The number of benzene rings is 2. The van der Waals surface area contributed by atoms with Gasteiger partial charge in [0, 0.05) is 37.5 Å². The summed E-state index contributed by atoms with van der Waals surface area (Å²) in [5, 5.41) is 9.65. The van der Waals surface area contributed by atoms with Crippen LogP contribution < -0.4 is 9.64 Å². The average Bonchev–Trinajstić information content (AvgIpc) is 3.03. The lowest BCUT2D eigenvalue weighted by Gasteiger charge is -2.22. The normalized spacial score (nSPS) is 16.3. The number of amides is 1. The van der Waals surface area contributed by atoms with Gasteiger partial charge in [0.2, 0.25) is 0 Å². The van der Waals surface area contributed by atoms with Gasteiger partial charge < -0.3 is 14.7 Å². The molecule has 0 saturated carbocycles. The molecule has 0 atom stereocenters. The summed E-state index contributed by atoms with van der Waals surface area (Å²) in [5.41, 5.74) is 2.49. The van der Waals surface area contributed by atoms with Crippen molar-refractivity contribution in [1.82, 2.24) is 4.90 Å². The summed E-state index contributed by atoms with van der Waals surface area (Å²) in [4.78, 5) is 32.6. The van der Waals surface area contributed by atoms with Gasteiger partial charge in [0.1, 0.15) is 5.75 Å². The number of carbonyl (C=O) groups is 2. The Hall–Kier alpha value is -3.26. The molecule has 1 heterocycles. The lowest BCUT2D eigenvalue weighted by atomic mass is 10.1. The fraction of sp³-hybridized carbons (Fsp3) is 0.261. The molecule has 0 radical (unpaired) electrons. The molecular formula is C23H25N3O4S. The van der Waals surface area contributed by atoms with Crippen molar-refractivity contribution in [1.29, 1.82) is 0 Å². The van der Waals surface area contributed by atoms with E-state index in [9.17, 15) is 9.59 Å². The number of carbonyl (C=O) groups excluding carboxylic acids is 1. The maximum Gasteiger partial charge on any atom is 0.335 e. The van der Waals surface area contributed by atoms with E-state index in [4.69, 9.17) is 9.84 Å². The van der Waals surface area contributed by atoms with Gasteiger partial charge in [-0.3, -0.25) is 9.69 Å². The third-order valence-electron chi connectivity index (χ3n) is 4.95. The van der Waals surface area contributed by atoms with Crippen LogP contribution in [0.4, 0.5) is 11.4 Å². The SMILES string of the molecule is CCN(CC)c1ccc(C=C2SC(=Nc3cccc(C(=O)O)c3)N(C)C2=O)c(OC)c1. The number of ether oxygens (including phenoxy) is 1. The number of thioether (sulfide) groups is 1. The van der Waals surface area contributed by atoms with E-state index in [-0.39, 0.29) is 11.5 Å². The molecule has 31 heavy (non-hydrogen) atoms. The number of likely N-dealkylation sites (N-methyl/N-ethyl adjacent to an activating group) is 1. The van der Waals surface area contributed by atoms with Gasteiger partial charge in [-0.25, -0.2) is 9.79 Å². The highest BCUT2D eigenvalue weighted by molar-refractivity contribution is 8.18. The van der Waals surface area contributed by atoms with Gasteiger partial charge in [0.05, 0.1) is 23.3 Å². The molecule has 0 aliphatic carbocycles. The number of carboxylic acids is 1. The van der Waals surface area contributed by atoms with E-state index in [0.29, 0.717) is 21.5 Å². The van der Waals surface area contributed by atoms with E-state index >= 15 is 0 Å². The number of nitrogens with zero attached hydrogens (tertiary/aromatic N) is 3. The molecule has 0 bridgehead atoms. The van der Waals surface area contributed by atoms with Gasteiger partial charge in [-0.15, -0.1) is 0 Å². The van der Waals surface area contributed by atoms with Crippen LogP contribution in [0, 0.1) is 0 Å². The maximum absolute atomic E-state index is 12.8. The Kier molecular flexibility index (Phi) is 7.02. The zero-order valence-corrected chi connectivity index (χ0v) is 18.8. The van der Waals surface area contributed by atoms with Crippen LogP contribution in [0.25, 0.3) is 6.08 Å². The second kappa shape index (κ2) is 9.70. The Morgan fingerprint density at radius 3 is 2.61 bits per heavy atom. The largest absolute Gasteiger partial charge is 0.496 e. The molecule has 8 heteroatoms. The van der Waals surface area contributed by atoms with Gasteiger partial charge in [-0.05, 0) is 62.0 Å². The van der Waals surface area contributed by atoms with Crippen molar-refractivity contribution in [2.45, 2.75) is 13.8 Å². The maximum atomic E-state index is 12.8. The predicted octanol–water partition coefficient (Wildman–Crippen LogP) is 4.47. The fourth-order valence-corrected chi connectivity index (χ4v) is 4.19. The number of hydrogen-bond acceptors (Lipinski definition) is 6. The van der Waals surface area contributed by atoms with Gasteiger partial charge in [0.25, 0.3) is 5.91 Å². The first kappa shape index (κ1) is 22.4. The predicted molar refractivity (Wildman–Crippen MR) is 125 cm³/mol. The number of methoxy groups -OCH3 is 1. The molecule has 0 unspecified atom stereocenters. The van der Waals surface area contributed by atoms with E-state index in [1.54, 1.807) is 32.4 Å². The van der Waals surface area contributed by atoms with E-state index in [1.807, 2.05) is 18.2 Å². The molecule has 1 saturated heterocycles. The molecular weight excluding hydrogens is 414 g/mol. The van der Waals surface area contributed by atoms with Crippen molar-refractivity contribution >= 4 is 46.3 Å². The van der Waals surface area contributed by atoms with Crippen LogP contribution in [0.5, 0.6) is 5.75 Å². The van der Waals surface area contributed by atoms with Crippen LogP contribution >= 0.6 is 11.8 Å². The molecule has 0 spiro atoms. The molecule has 1 amide bonds. The minimum Gasteiger partial charge on any atom is -0.496 e. The molecule has 1 aliphatic rings. The summed E-state index contributed by atoms with van der Waals surface area (Å²) in [5.74, 6) is -0.507. The number of carboxylic acid groups (broad SMARTS) is 1. The number of hydrogen-bond donors (Lipinski definition) is 1. The Morgan fingerprint density at radius 2 is 1.97 bits per heavy atom. The Balaban J connectivity index is 1.91. The van der Waals surface area contributed by atoms with Crippen LogP contribution in [0.2, 0.25) is 0 Å². The third kappa shape index (κ3) is 4.91. The summed E-state index contributed by atoms with van der Waals surface area (Å²) in [6.07, 6.45) is 1.80. The molecule has 2 aromatic carbocycles. The van der Waals surface area contributed by atoms with E-state index < -0.39 is 5.97 Å². The van der Waals surface area contributed by atoms with Crippen LogP contribution in [-0.4, -0.2) is 54.3 Å². The Bertz CT molecular complexity index is 1060. The molecule has 3 rings (SSSR count). The van der Waals surface area contributed by atoms with Crippen molar-refractivity contribution in [3.63, 3.8) is 0 Å². The summed E-state index contributed by atoms with van der Waals surface area (Å²) in [6.45, 7) is 5.98. The smallest absolute Gasteiger partial charge is 0.335 e. The second-order valence-corrected chi connectivity index (χ2v) is 7.83. The van der Waals surface area contributed by atoms with Gasteiger partial charge >= 0.3 is 5.97 Å². The first-order valence-corrected chi connectivity index (χ1v) is 10.7. The Labute approximate surface area is 186 Å². The van der Waals surface area contributed by atoms with Crippen LogP contribution in [-0.2, 0) is 4.79 Å². The highest BCUT2D eigenvalue weighted by atomic mass is 32.2. The summed E-state index contributed by atoms with van der Waals surface area (Å²) in [7, 11) is 3.26. The third-order valence-corrected chi connectivity index (χ3v) is 6.01. The second-order valence-electron chi connectivity index (χ2n) is 6.82. The van der Waals surface area contributed by atoms with Gasteiger partial charge in [0.15, 0.2) is 5.17 Å². The minimum absolute atomic E-state index is 0.146. The minimum atomic E-state index is -1.02. The monoisotopic (exact) mass is 439 g/mol. The lowest BCUT2D eigenvalue weighted by molar-refractivity contribution is -0.121. The zero-order chi connectivity index (χ0) is 22.5. The van der Waals surface area contributed by atoms with E-state index in [1.165, 1.54) is 28.8 Å². The first-order valence-electron chi connectivity index (χ1n) is 9.90. The van der Waals surface area contributed by atoms with Crippen molar-refractivity contribution in [3.8, 4) is 5.75 Å². The number of rotatable bonds is 7. The molecule has 162 valence electrons. The molecule has 1 fully saturated rings. The first-order chi connectivity index (χ1) is 14.9. The molecule has 1 aliphatic heterocycles. The standard InChI is InChI=1S/C23H25N3O4S/c1-5-26(6-2)18-11-10-15(19(14-18)30-4)13-20-21(27)25(3)23(31-20)24-17-9-7-8-16(12-17)22(28)29/h7-14H,5-6H2,1-4H3,(H,28,29). The van der Waals surface area contributed by atoms with Crippen molar-refractivity contribution in [3.05, 3.63) is 58.5 Å². The highest BCUT2D eigenvalue weighted by Crippen LogP contribution is 2.35. The topological polar surface area (TPSA) is 82.4 Å². The van der Waals surface area contributed by atoms with Crippen molar-refractivity contribution < 1.29 is 19.4 Å². The molecule has 2 aromatic rings. The van der Waals surface area contributed by atoms with Crippen LogP contribution in [0.15, 0.2) is 52.4 Å². The Morgan fingerprint density at radius 1 is 1.23 bits per heavy atom. The molecule has 7 nitrogen and oxygen atoms in total. The number of aromatic carboxylic acids is 1. The fourth-order valence-electron chi connectivity index (χ4n) is 3.22. The van der Waals surface area contributed by atoms with Crippen LogP contribution in [0.3, 0.4) is 0 Å². The number of anilines is 1. The molecule has 0 aromatic heterocycles.